The fourth-order valence-electron chi connectivity index (χ4n) is 1.20. The Hall–Kier alpha value is -1.55. The molecule has 0 aliphatic rings. The van der Waals surface area contributed by atoms with E-state index in [1.165, 1.54) is 13.2 Å². The number of anilines is 1. The molecule has 17 heavy (non-hydrogen) atoms. The van der Waals surface area contributed by atoms with Crippen molar-refractivity contribution in [2.24, 2.45) is 5.92 Å². The number of hydrogen-bond donors (Lipinski definition) is 1. The SMILES string of the molecule is COc1ccc(C(=O)Cl)cc1NC(=O)C(C)C. The highest BCUT2D eigenvalue weighted by atomic mass is 35.5. The van der Waals surface area contributed by atoms with Crippen molar-refractivity contribution in [1.29, 1.82) is 0 Å². The molecule has 0 atom stereocenters. The summed E-state index contributed by atoms with van der Waals surface area (Å²) < 4.78 is 5.09. The van der Waals surface area contributed by atoms with Crippen LogP contribution in [-0.2, 0) is 4.79 Å². The molecule has 0 saturated carbocycles. The Morgan fingerprint density at radius 2 is 2.00 bits per heavy atom. The fraction of sp³-hybridized carbons (Fsp3) is 0.333. The monoisotopic (exact) mass is 255 g/mol. The highest BCUT2D eigenvalue weighted by Gasteiger charge is 2.13. The molecule has 1 aromatic carbocycles. The molecule has 1 rings (SSSR count). The van der Waals surface area contributed by atoms with E-state index < -0.39 is 5.24 Å². The van der Waals surface area contributed by atoms with Crippen LogP contribution in [0.1, 0.15) is 24.2 Å². The summed E-state index contributed by atoms with van der Waals surface area (Å²) in [7, 11) is 1.49. The van der Waals surface area contributed by atoms with E-state index in [1.807, 2.05) is 0 Å². The number of amides is 1. The number of rotatable bonds is 4. The largest absolute Gasteiger partial charge is 0.495 e. The molecule has 0 spiro atoms. The van der Waals surface area contributed by atoms with Gasteiger partial charge in [0.1, 0.15) is 5.75 Å². The predicted octanol–water partition coefficient (Wildman–Crippen LogP) is 2.67. The van der Waals surface area contributed by atoms with Crippen molar-refractivity contribution >= 4 is 28.4 Å². The minimum atomic E-state index is -0.576. The first-order valence-corrected chi connectivity index (χ1v) is 5.52. The molecule has 1 amide bonds. The topological polar surface area (TPSA) is 55.4 Å². The average molecular weight is 256 g/mol. The third-order valence-corrected chi connectivity index (χ3v) is 2.43. The van der Waals surface area contributed by atoms with Gasteiger partial charge in [0.15, 0.2) is 0 Å². The Bertz CT molecular complexity index is 443. The Balaban J connectivity index is 3.06. The standard InChI is InChI=1S/C12H14ClNO3/c1-7(2)12(16)14-9-6-8(11(13)15)4-5-10(9)17-3/h4-7H,1-3H3,(H,14,16). The Kier molecular flexibility index (Phi) is 4.52. The third kappa shape index (κ3) is 3.46. The molecule has 0 heterocycles. The third-order valence-electron chi connectivity index (χ3n) is 2.21. The van der Waals surface area contributed by atoms with Crippen LogP contribution in [0.3, 0.4) is 0 Å². The van der Waals surface area contributed by atoms with E-state index >= 15 is 0 Å². The van der Waals surface area contributed by atoms with Crippen LogP contribution in [-0.4, -0.2) is 18.3 Å². The number of hydrogen-bond acceptors (Lipinski definition) is 3. The summed E-state index contributed by atoms with van der Waals surface area (Å²) in [4.78, 5) is 22.6. The lowest BCUT2D eigenvalue weighted by Crippen LogP contribution is -2.18. The zero-order valence-corrected chi connectivity index (χ0v) is 10.7. The molecule has 92 valence electrons. The van der Waals surface area contributed by atoms with Crippen molar-refractivity contribution < 1.29 is 14.3 Å². The quantitative estimate of drug-likeness (QED) is 0.842. The van der Waals surface area contributed by atoms with E-state index in [0.29, 0.717) is 17.0 Å². The molecule has 0 unspecified atom stereocenters. The zero-order valence-electron chi connectivity index (χ0n) is 9.91. The van der Waals surface area contributed by atoms with Crippen LogP contribution >= 0.6 is 11.6 Å². The zero-order chi connectivity index (χ0) is 13.0. The first kappa shape index (κ1) is 13.5. The lowest BCUT2D eigenvalue weighted by Gasteiger charge is -2.12. The lowest BCUT2D eigenvalue weighted by molar-refractivity contribution is -0.118. The molecule has 0 saturated heterocycles. The predicted molar refractivity (Wildman–Crippen MR) is 66.6 cm³/mol. The number of nitrogens with one attached hydrogen (secondary N) is 1. The van der Waals surface area contributed by atoms with Crippen molar-refractivity contribution in [1.82, 2.24) is 0 Å². The van der Waals surface area contributed by atoms with Gasteiger partial charge in [-0.1, -0.05) is 13.8 Å². The molecule has 0 fully saturated rings. The van der Waals surface area contributed by atoms with E-state index in [1.54, 1.807) is 26.0 Å². The maximum absolute atomic E-state index is 11.6. The van der Waals surface area contributed by atoms with Gasteiger partial charge in [-0.2, -0.15) is 0 Å². The van der Waals surface area contributed by atoms with E-state index in [-0.39, 0.29) is 11.8 Å². The number of benzene rings is 1. The van der Waals surface area contributed by atoms with Gasteiger partial charge in [0.05, 0.1) is 12.8 Å². The van der Waals surface area contributed by atoms with Gasteiger partial charge in [0.2, 0.25) is 5.91 Å². The fourth-order valence-corrected chi connectivity index (χ4v) is 1.32. The van der Waals surface area contributed by atoms with Crippen LogP contribution in [0.25, 0.3) is 0 Å². The lowest BCUT2D eigenvalue weighted by atomic mass is 10.1. The van der Waals surface area contributed by atoms with E-state index in [0.717, 1.165) is 0 Å². The molecular weight excluding hydrogens is 242 g/mol. The van der Waals surface area contributed by atoms with Gasteiger partial charge in [0, 0.05) is 11.5 Å². The summed E-state index contributed by atoms with van der Waals surface area (Å²) in [5.41, 5.74) is 0.754. The number of carbonyl (C=O) groups excluding carboxylic acids is 2. The summed E-state index contributed by atoms with van der Waals surface area (Å²) in [6, 6.07) is 4.62. The van der Waals surface area contributed by atoms with Crippen molar-refractivity contribution in [3.05, 3.63) is 23.8 Å². The average Bonchev–Trinajstić information content (AvgIpc) is 2.28. The summed E-state index contributed by atoms with van der Waals surface area (Å²) in [5, 5.41) is 2.11. The Labute approximate surface area is 105 Å². The van der Waals surface area contributed by atoms with Crippen LogP contribution in [0.15, 0.2) is 18.2 Å². The molecule has 0 radical (unpaired) electrons. The molecule has 4 nitrogen and oxygen atoms in total. The summed E-state index contributed by atoms with van der Waals surface area (Å²) in [6.45, 7) is 3.55. The molecule has 0 aliphatic heterocycles. The summed E-state index contributed by atoms with van der Waals surface area (Å²) in [5.74, 6) is 0.179. The van der Waals surface area contributed by atoms with Gasteiger partial charge in [-0.15, -0.1) is 0 Å². The molecule has 1 N–H and O–H groups in total. The van der Waals surface area contributed by atoms with Gasteiger partial charge >= 0.3 is 0 Å². The molecule has 0 aromatic heterocycles. The number of halogens is 1. The minimum Gasteiger partial charge on any atom is -0.495 e. The number of carbonyl (C=O) groups is 2. The summed E-state index contributed by atoms with van der Waals surface area (Å²) >= 11 is 5.38. The van der Waals surface area contributed by atoms with Crippen molar-refractivity contribution in [2.45, 2.75) is 13.8 Å². The van der Waals surface area contributed by atoms with Crippen LogP contribution in [0, 0.1) is 5.92 Å². The van der Waals surface area contributed by atoms with Gasteiger partial charge in [-0.25, -0.2) is 0 Å². The maximum Gasteiger partial charge on any atom is 0.252 e. The van der Waals surface area contributed by atoms with Crippen molar-refractivity contribution in [2.75, 3.05) is 12.4 Å². The maximum atomic E-state index is 11.6. The highest BCUT2D eigenvalue weighted by molar-refractivity contribution is 6.67. The van der Waals surface area contributed by atoms with Crippen molar-refractivity contribution in [3.63, 3.8) is 0 Å². The van der Waals surface area contributed by atoms with E-state index in [9.17, 15) is 9.59 Å². The van der Waals surface area contributed by atoms with Crippen molar-refractivity contribution in [3.8, 4) is 5.75 Å². The first-order chi connectivity index (χ1) is 7.95. The molecule has 1 aromatic rings. The Morgan fingerprint density at radius 3 is 2.47 bits per heavy atom. The van der Waals surface area contributed by atoms with Gasteiger partial charge < -0.3 is 10.1 Å². The number of methoxy groups -OCH3 is 1. The second-order valence-electron chi connectivity index (χ2n) is 3.83. The Morgan fingerprint density at radius 1 is 1.35 bits per heavy atom. The normalized spacial score (nSPS) is 10.2. The summed E-state index contributed by atoms with van der Waals surface area (Å²) in [6.07, 6.45) is 0. The first-order valence-electron chi connectivity index (χ1n) is 5.14. The number of ether oxygens (including phenoxy) is 1. The van der Waals surface area contributed by atoms with E-state index in [4.69, 9.17) is 16.3 Å². The van der Waals surface area contributed by atoms with Gasteiger partial charge in [-0.05, 0) is 29.8 Å². The second kappa shape index (κ2) is 5.68. The van der Waals surface area contributed by atoms with Gasteiger partial charge in [0.25, 0.3) is 5.24 Å². The molecule has 0 aliphatic carbocycles. The van der Waals surface area contributed by atoms with E-state index in [2.05, 4.69) is 5.32 Å². The second-order valence-corrected chi connectivity index (χ2v) is 4.18. The van der Waals surface area contributed by atoms with Crippen LogP contribution in [0.4, 0.5) is 5.69 Å². The van der Waals surface area contributed by atoms with Crippen LogP contribution < -0.4 is 10.1 Å². The smallest absolute Gasteiger partial charge is 0.252 e. The van der Waals surface area contributed by atoms with Crippen LogP contribution in [0.5, 0.6) is 5.75 Å². The van der Waals surface area contributed by atoms with Crippen LogP contribution in [0.2, 0.25) is 0 Å². The van der Waals surface area contributed by atoms with Gasteiger partial charge in [-0.3, -0.25) is 9.59 Å². The minimum absolute atomic E-state index is 0.150. The molecular formula is C12H14ClNO3. The highest BCUT2D eigenvalue weighted by Crippen LogP contribution is 2.26. The molecule has 5 heteroatoms. The molecule has 0 bridgehead atoms.